The van der Waals surface area contributed by atoms with Crippen molar-refractivity contribution in [3.8, 4) is 5.88 Å². The van der Waals surface area contributed by atoms with Gasteiger partial charge < -0.3 is 10.1 Å². The summed E-state index contributed by atoms with van der Waals surface area (Å²) in [6.07, 6.45) is 1.76. The molecular formula is C14H23N3O3. The first-order valence-electron chi connectivity index (χ1n) is 6.85. The van der Waals surface area contributed by atoms with E-state index < -0.39 is 4.92 Å². The van der Waals surface area contributed by atoms with Crippen molar-refractivity contribution in [1.82, 2.24) is 4.98 Å². The van der Waals surface area contributed by atoms with Crippen LogP contribution >= 0.6 is 0 Å². The Morgan fingerprint density at radius 1 is 1.40 bits per heavy atom. The van der Waals surface area contributed by atoms with Gasteiger partial charge in [-0.1, -0.05) is 27.7 Å². The molecule has 0 fully saturated rings. The Bertz CT molecular complexity index is 455. The molecule has 0 bridgehead atoms. The van der Waals surface area contributed by atoms with Crippen LogP contribution in [0.3, 0.4) is 0 Å². The zero-order chi connectivity index (χ0) is 15.2. The van der Waals surface area contributed by atoms with E-state index in [4.69, 9.17) is 4.74 Å². The number of ether oxygens (including phenoxy) is 1. The topological polar surface area (TPSA) is 77.3 Å². The van der Waals surface area contributed by atoms with E-state index in [1.165, 1.54) is 6.07 Å². The van der Waals surface area contributed by atoms with Crippen molar-refractivity contribution >= 4 is 11.5 Å². The third kappa shape index (κ3) is 5.42. The van der Waals surface area contributed by atoms with Gasteiger partial charge in [-0.3, -0.25) is 10.1 Å². The number of anilines is 1. The average molecular weight is 281 g/mol. The Morgan fingerprint density at radius 2 is 2.10 bits per heavy atom. The number of aromatic nitrogens is 1. The molecule has 1 rings (SSSR count). The summed E-state index contributed by atoms with van der Waals surface area (Å²) in [5.41, 5.74) is 0.0216. The maximum atomic E-state index is 11.0. The summed E-state index contributed by atoms with van der Waals surface area (Å²) in [6.45, 7) is 9.51. The normalized spacial score (nSPS) is 11.2. The van der Waals surface area contributed by atoms with Gasteiger partial charge in [0, 0.05) is 12.6 Å². The molecule has 20 heavy (non-hydrogen) atoms. The molecule has 1 heterocycles. The van der Waals surface area contributed by atoms with E-state index in [2.05, 4.69) is 31.1 Å². The predicted octanol–water partition coefficient (Wildman–Crippen LogP) is 3.63. The molecule has 0 amide bonds. The average Bonchev–Trinajstić information content (AvgIpc) is 2.34. The van der Waals surface area contributed by atoms with Gasteiger partial charge in [0.15, 0.2) is 0 Å². The van der Waals surface area contributed by atoms with Gasteiger partial charge in [0.05, 0.1) is 11.5 Å². The predicted molar refractivity (Wildman–Crippen MR) is 79.2 cm³/mol. The molecule has 0 aliphatic rings. The van der Waals surface area contributed by atoms with E-state index in [9.17, 15) is 10.1 Å². The van der Waals surface area contributed by atoms with Crippen molar-refractivity contribution in [3.63, 3.8) is 0 Å². The zero-order valence-corrected chi connectivity index (χ0v) is 12.6. The summed E-state index contributed by atoms with van der Waals surface area (Å²) in [5.74, 6) is 0.684. The van der Waals surface area contributed by atoms with E-state index in [0.29, 0.717) is 12.4 Å². The van der Waals surface area contributed by atoms with E-state index >= 15 is 0 Å². The quantitative estimate of drug-likeness (QED) is 0.610. The van der Waals surface area contributed by atoms with Gasteiger partial charge in [-0.05, 0) is 24.3 Å². The van der Waals surface area contributed by atoms with Crippen LogP contribution in [-0.2, 0) is 0 Å². The van der Waals surface area contributed by atoms with Gasteiger partial charge in [0.2, 0.25) is 0 Å². The van der Waals surface area contributed by atoms with Crippen LogP contribution in [0.4, 0.5) is 11.5 Å². The summed E-state index contributed by atoms with van der Waals surface area (Å²) in [6, 6.07) is 3.03. The fourth-order valence-electron chi connectivity index (χ4n) is 1.48. The second-order valence-electron chi connectivity index (χ2n) is 5.86. The fraction of sp³-hybridized carbons (Fsp3) is 0.643. The van der Waals surface area contributed by atoms with Gasteiger partial charge in [-0.25, -0.2) is 0 Å². The molecule has 6 heteroatoms. The zero-order valence-electron chi connectivity index (χ0n) is 12.6. The summed E-state index contributed by atoms with van der Waals surface area (Å²) >= 11 is 0. The lowest BCUT2D eigenvalue weighted by Gasteiger charge is -2.17. The maximum Gasteiger partial charge on any atom is 0.331 e. The molecule has 0 saturated carbocycles. The minimum atomic E-state index is -0.469. The number of nitrogens with zero attached hydrogens (tertiary/aromatic N) is 2. The molecule has 1 aromatic heterocycles. The highest BCUT2D eigenvalue weighted by atomic mass is 16.6. The maximum absolute atomic E-state index is 11.0. The highest BCUT2D eigenvalue weighted by molar-refractivity contribution is 5.49. The van der Waals surface area contributed by atoms with E-state index in [1.807, 2.05) is 6.92 Å². The number of nitrogens with one attached hydrogen (secondary N) is 1. The molecule has 0 unspecified atom stereocenters. The van der Waals surface area contributed by atoms with Crippen LogP contribution in [0.1, 0.15) is 40.5 Å². The third-order valence-electron chi connectivity index (χ3n) is 2.68. The van der Waals surface area contributed by atoms with Crippen molar-refractivity contribution in [1.29, 1.82) is 0 Å². The lowest BCUT2D eigenvalue weighted by molar-refractivity contribution is -0.386. The molecular weight excluding hydrogens is 258 g/mol. The van der Waals surface area contributed by atoms with Crippen molar-refractivity contribution in [2.75, 3.05) is 18.5 Å². The highest BCUT2D eigenvalue weighted by Crippen LogP contribution is 2.27. The summed E-state index contributed by atoms with van der Waals surface area (Å²) < 4.78 is 5.50. The second kappa shape index (κ2) is 7.07. The summed E-state index contributed by atoms with van der Waals surface area (Å²) in [5, 5.41) is 14.1. The Kier molecular flexibility index (Phi) is 5.73. The van der Waals surface area contributed by atoms with Crippen molar-refractivity contribution in [2.45, 2.75) is 40.5 Å². The number of hydrogen-bond donors (Lipinski definition) is 1. The summed E-state index contributed by atoms with van der Waals surface area (Å²) in [7, 11) is 0. The van der Waals surface area contributed by atoms with Gasteiger partial charge >= 0.3 is 5.69 Å². The molecule has 0 aromatic carbocycles. The first-order chi connectivity index (χ1) is 9.33. The van der Waals surface area contributed by atoms with Gasteiger partial charge in [0.1, 0.15) is 5.82 Å². The van der Waals surface area contributed by atoms with Gasteiger partial charge in [-0.2, -0.15) is 4.98 Å². The molecule has 0 atom stereocenters. The van der Waals surface area contributed by atoms with Crippen LogP contribution < -0.4 is 10.1 Å². The number of pyridine rings is 1. The van der Waals surface area contributed by atoms with Crippen LogP contribution in [0.25, 0.3) is 0 Å². The number of rotatable bonds is 7. The first-order valence-corrected chi connectivity index (χ1v) is 6.85. The molecule has 0 spiro atoms. The van der Waals surface area contributed by atoms with E-state index in [1.54, 1.807) is 6.07 Å². The van der Waals surface area contributed by atoms with Crippen molar-refractivity contribution < 1.29 is 9.66 Å². The number of hydrogen-bond acceptors (Lipinski definition) is 5. The van der Waals surface area contributed by atoms with E-state index in [0.717, 1.165) is 19.4 Å². The SMILES string of the molecule is CCCNc1ccc([N+](=O)[O-])c(OCCC(C)(C)C)n1. The molecule has 0 radical (unpaired) electrons. The molecule has 0 aliphatic heterocycles. The smallest absolute Gasteiger partial charge is 0.331 e. The first kappa shape index (κ1) is 16.2. The Balaban J connectivity index is 2.80. The molecule has 1 aromatic rings. The monoisotopic (exact) mass is 281 g/mol. The van der Waals surface area contributed by atoms with Crippen LogP contribution in [0.5, 0.6) is 5.88 Å². The second-order valence-corrected chi connectivity index (χ2v) is 5.86. The lowest BCUT2D eigenvalue weighted by Crippen LogP contribution is -2.12. The number of nitro groups is 1. The molecule has 0 aliphatic carbocycles. The molecule has 1 N–H and O–H groups in total. The van der Waals surface area contributed by atoms with E-state index in [-0.39, 0.29) is 17.0 Å². The van der Waals surface area contributed by atoms with Crippen molar-refractivity contribution in [3.05, 3.63) is 22.2 Å². The lowest BCUT2D eigenvalue weighted by atomic mass is 9.93. The molecule has 6 nitrogen and oxygen atoms in total. The van der Waals surface area contributed by atoms with Crippen LogP contribution in [0, 0.1) is 15.5 Å². The fourth-order valence-corrected chi connectivity index (χ4v) is 1.48. The van der Waals surface area contributed by atoms with Crippen LogP contribution in [0.2, 0.25) is 0 Å². The van der Waals surface area contributed by atoms with Crippen molar-refractivity contribution in [2.24, 2.45) is 5.41 Å². The Labute approximate surface area is 119 Å². The van der Waals surface area contributed by atoms with Gasteiger partial charge in [-0.15, -0.1) is 0 Å². The minimum Gasteiger partial charge on any atom is -0.473 e. The highest BCUT2D eigenvalue weighted by Gasteiger charge is 2.19. The third-order valence-corrected chi connectivity index (χ3v) is 2.68. The molecule has 112 valence electrons. The summed E-state index contributed by atoms with van der Waals surface area (Å²) in [4.78, 5) is 14.7. The van der Waals surface area contributed by atoms with Crippen LogP contribution in [-0.4, -0.2) is 23.1 Å². The molecule has 0 saturated heterocycles. The van der Waals surface area contributed by atoms with Crippen LogP contribution in [0.15, 0.2) is 12.1 Å². The Morgan fingerprint density at radius 3 is 2.65 bits per heavy atom. The van der Waals surface area contributed by atoms with Gasteiger partial charge in [0.25, 0.3) is 5.88 Å². The minimum absolute atomic E-state index is 0.0837. The largest absolute Gasteiger partial charge is 0.473 e. The standard InChI is InChI=1S/C14H23N3O3/c1-5-9-15-12-7-6-11(17(18)19)13(16-12)20-10-8-14(2,3)4/h6-7H,5,8-10H2,1-4H3,(H,15,16). The Hall–Kier alpha value is -1.85.